The number of fused-ring (bicyclic) bond motifs is 1. The number of halogens is 1. The van der Waals surface area contributed by atoms with Crippen LogP contribution < -0.4 is 10.6 Å². The molecule has 0 bridgehead atoms. The van der Waals surface area contributed by atoms with Gasteiger partial charge in [0, 0.05) is 53.7 Å². The van der Waals surface area contributed by atoms with E-state index in [0.29, 0.717) is 22.2 Å². The molecule has 2 amide bonds. The molecule has 2 atom stereocenters. The van der Waals surface area contributed by atoms with E-state index in [2.05, 4.69) is 25.6 Å². The molecule has 2 N–H and O–H groups in total. The number of nitrogens with zero attached hydrogens (tertiary/aromatic N) is 5. The fourth-order valence-electron chi connectivity index (χ4n) is 4.67. The van der Waals surface area contributed by atoms with Crippen LogP contribution in [0.15, 0.2) is 67.6 Å². The molecule has 4 aromatic rings. The van der Waals surface area contributed by atoms with Gasteiger partial charge in [-0.25, -0.2) is 14.4 Å². The highest BCUT2D eigenvalue weighted by molar-refractivity contribution is 6.08. The molecule has 2 unspecified atom stereocenters. The molecule has 0 spiro atoms. The van der Waals surface area contributed by atoms with Gasteiger partial charge in [0.15, 0.2) is 5.78 Å². The Labute approximate surface area is 217 Å². The number of likely N-dealkylation sites (tertiary alicyclic amines) is 1. The van der Waals surface area contributed by atoms with Crippen molar-refractivity contribution in [1.82, 2.24) is 29.7 Å². The SMILES string of the molecule is CC(=O)c1cn(CC(=O)N2CC(F)CC2C(=O)NCc2cccnc2)c2ccc(Nc3cncnc3)cc12. The van der Waals surface area contributed by atoms with Gasteiger partial charge in [-0.2, -0.15) is 0 Å². The summed E-state index contributed by atoms with van der Waals surface area (Å²) in [5.74, 6) is -0.967. The van der Waals surface area contributed by atoms with Crippen LogP contribution in [0.25, 0.3) is 10.9 Å². The number of nitrogens with one attached hydrogen (secondary N) is 2. The topological polar surface area (TPSA) is 122 Å². The first-order valence-corrected chi connectivity index (χ1v) is 12.1. The second kappa shape index (κ2) is 10.8. The molecule has 1 aromatic carbocycles. The van der Waals surface area contributed by atoms with E-state index in [1.165, 1.54) is 18.2 Å². The maximum atomic E-state index is 14.4. The number of hydrogen-bond donors (Lipinski definition) is 2. The Hall–Kier alpha value is -4.67. The Kier molecular flexibility index (Phi) is 7.07. The Bertz CT molecular complexity index is 1480. The molecule has 194 valence electrons. The second-order valence-electron chi connectivity index (χ2n) is 9.18. The number of carbonyl (C=O) groups is 3. The number of ketones is 1. The lowest BCUT2D eigenvalue weighted by molar-refractivity contribution is -0.139. The summed E-state index contributed by atoms with van der Waals surface area (Å²) in [5.41, 5.74) is 3.35. The predicted octanol–water partition coefficient (Wildman–Crippen LogP) is 3.03. The van der Waals surface area contributed by atoms with Crippen molar-refractivity contribution in [3.05, 3.63) is 78.8 Å². The highest BCUT2D eigenvalue weighted by atomic mass is 19.1. The number of amides is 2. The summed E-state index contributed by atoms with van der Waals surface area (Å²) in [6.45, 7) is 1.40. The molecule has 0 aliphatic carbocycles. The standard InChI is InChI=1S/C27H26FN7O3/c1-17(36)23-14-34(24-5-4-20(8-22(23)24)33-21-11-30-16-31-12-21)15-26(37)35-13-19(28)7-25(35)27(38)32-10-18-3-2-6-29-9-18/h2-6,8-9,11-12,14,16,19,25,33H,7,10,13,15H2,1H3,(H,32,38). The molecule has 11 heteroatoms. The fraction of sp³-hybridized carbons (Fsp3) is 0.259. The Balaban J connectivity index is 1.34. The summed E-state index contributed by atoms with van der Waals surface area (Å²) in [7, 11) is 0. The number of Topliss-reactive ketones (excluding diaryl/α,β-unsaturated/α-hetero) is 1. The van der Waals surface area contributed by atoms with Crippen LogP contribution in [-0.2, 0) is 22.7 Å². The zero-order chi connectivity index (χ0) is 26.6. The molecule has 5 rings (SSSR count). The van der Waals surface area contributed by atoms with Gasteiger partial charge in [-0.3, -0.25) is 19.4 Å². The molecule has 1 aliphatic rings. The second-order valence-corrected chi connectivity index (χ2v) is 9.18. The van der Waals surface area contributed by atoms with Crippen molar-refractivity contribution in [2.75, 3.05) is 11.9 Å². The minimum atomic E-state index is -1.29. The average molecular weight is 516 g/mol. The van der Waals surface area contributed by atoms with Gasteiger partial charge in [0.25, 0.3) is 0 Å². The smallest absolute Gasteiger partial charge is 0.243 e. The summed E-state index contributed by atoms with van der Waals surface area (Å²) < 4.78 is 16.0. The Morgan fingerprint density at radius 2 is 1.89 bits per heavy atom. The molecule has 38 heavy (non-hydrogen) atoms. The zero-order valence-electron chi connectivity index (χ0n) is 20.7. The normalized spacial score (nSPS) is 16.9. The lowest BCUT2D eigenvalue weighted by Gasteiger charge is -2.24. The number of aromatic nitrogens is 4. The van der Waals surface area contributed by atoms with E-state index in [0.717, 1.165) is 11.3 Å². The minimum Gasteiger partial charge on any atom is -0.353 e. The zero-order valence-corrected chi connectivity index (χ0v) is 20.7. The van der Waals surface area contributed by atoms with Crippen LogP contribution >= 0.6 is 0 Å². The van der Waals surface area contributed by atoms with Crippen LogP contribution in [0.3, 0.4) is 0 Å². The predicted molar refractivity (Wildman–Crippen MR) is 138 cm³/mol. The summed E-state index contributed by atoms with van der Waals surface area (Å²) >= 11 is 0. The van der Waals surface area contributed by atoms with Gasteiger partial charge in [0.05, 0.1) is 24.6 Å². The lowest BCUT2D eigenvalue weighted by Crippen LogP contribution is -2.46. The molecule has 4 heterocycles. The molecule has 0 saturated carbocycles. The van der Waals surface area contributed by atoms with Crippen molar-refractivity contribution < 1.29 is 18.8 Å². The number of hydrogen-bond acceptors (Lipinski definition) is 7. The number of carbonyl (C=O) groups excluding carboxylic acids is 3. The van der Waals surface area contributed by atoms with Crippen LogP contribution in [0.4, 0.5) is 15.8 Å². The number of alkyl halides is 1. The number of rotatable bonds is 8. The van der Waals surface area contributed by atoms with Crippen molar-refractivity contribution in [2.24, 2.45) is 0 Å². The van der Waals surface area contributed by atoms with Crippen molar-refractivity contribution in [3.8, 4) is 0 Å². The molecular weight excluding hydrogens is 489 g/mol. The molecule has 1 saturated heterocycles. The van der Waals surface area contributed by atoms with E-state index in [-0.39, 0.29) is 31.8 Å². The van der Waals surface area contributed by atoms with Crippen LogP contribution in [0.2, 0.25) is 0 Å². The first kappa shape index (κ1) is 25.0. The fourth-order valence-corrected chi connectivity index (χ4v) is 4.67. The monoisotopic (exact) mass is 515 g/mol. The largest absolute Gasteiger partial charge is 0.353 e. The quantitative estimate of drug-likeness (QED) is 0.346. The average Bonchev–Trinajstić information content (AvgIpc) is 3.49. The van der Waals surface area contributed by atoms with Gasteiger partial charge in [-0.1, -0.05) is 6.07 Å². The summed E-state index contributed by atoms with van der Waals surface area (Å²) in [6, 6.07) is 8.12. The van der Waals surface area contributed by atoms with Gasteiger partial charge < -0.3 is 20.1 Å². The molecule has 1 aliphatic heterocycles. The van der Waals surface area contributed by atoms with E-state index >= 15 is 0 Å². The van der Waals surface area contributed by atoms with Gasteiger partial charge in [0.2, 0.25) is 11.8 Å². The van der Waals surface area contributed by atoms with Gasteiger partial charge in [0.1, 0.15) is 25.1 Å². The summed E-state index contributed by atoms with van der Waals surface area (Å²) in [4.78, 5) is 51.9. The van der Waals surface area contributed by atoms with Crippen molar-refractivity contribution in [1.29, 1.82) is 0 Å². The van der Waals surface area contributed by atoms with E-state index < -0.39 is 24.0 Å². The molecular formula is C27H26FN7O3. The minimum absolute atomic E-state index is 0.0615. The highest BCUT2D eigenvalue weighted by Gasteiger charge is 2.39. The third-order valence-corrected chi connectivity index (χ3v) is 6.48. The third kappa shape index (κ3) is 5.36. The maximum Gasteiger partial charge on any atom is 0.243 e. The van der Waals surface area contributed by atoms with Crippen molar-refractivity contribution >= 4 is 39.9 Å². The van der Waals surface area contributed by atoms with Gasteiger partial charge >= 0.3 is 0 Å². The van der Waals surface area contributed by atoms with Crippen LogP contribution in [0.5, 0.6) is 0 Å². The van der Waals surface area contributed by atoms with Gasteiger partial charge in [-0.15, -0.1) is 0 Å². The van der Waals surface area contributed by atoms with Crippen molar-refractivity contribution in [2.45, 2.75) is 38.6 Å². The van der Waals surface area contributed by atoms with Crippen molar-refractivity contribution in [3.63, 3.8) is 0 Å². The maximum absolute atomic E-state index is 14.4. The molecule has 1 fully saturated rings. The highest BCUT2D eigenvalue weighted by Crippen LogP contribution is 2.28. The summed E-state index contributed by atoms with van der Waals surface area (Å²) in [5, 5.41) is 6.64. The van der Waals surface area contributed by atoms with Crippen LogP contribution in [0, 0.1) is 0 Å². The van der Waals surface area contributed by atoms with E-state index in [9.17, 15) is 18.8 Å². The molecule has 3 aromatic heterocycles. The van der Waals surface area contributed by atoms with E-state index in [1.54, 1.807) is 47.7 Å². The number of benzene rings is 1. The first-order valence-electron chi connectivity index (χ1n) is 12.1. The van der Waals surface area contributed by atoms with Gasteiger partial charge in [-0.05, 0) is 36.8 Å². The summed E-state index contributed by atoms with van der Waals surface area (Å²) in [6.07, 6.45) is 8.23. The lowest BCUT2D eigenvalue weighted by atomic mass is 10.1. The number of anilines is 2. The Morgan fingerprint density at radius 1 is 1.08 bits per heavy atom. The Morgan fingerprint density at radius 3 is 2.63 bits per heavy atom. The first-order chi connectivity index (χ1) is 18.4. The van der Waals surface area contributed by atoms with E-state index in [1.807, 2.05) is 18.2 Å². The third-order valence-electron chi connectivity index (χ3n) is 6.48. The van der Waals surface area contributed by atoms with E-state index in [4.69, 9.17) is 0 Å². The van der Waals surface area contributed by atoms with Crippen LogP contribution in [-0.4, -0.2) is 60.8 Å². The van der Waals surface area contributed by atoms with Crippen LogP contribution in [0.1, 0.15) is 29.3 Å². The molecule has 0 radical (unpaired) electrons. The number of pyridine rings is 1. The molecule has 10 nitrogen and oxygen atoms in total.